The molecule has 3 N–H and O–H groups in total. The van der Waals surface area contributed by atoms with Crippen molar-refractivity contribution in [3.8, 4) is 5.75 Å². The quantitative estimate of drug-likeness (QED) is 0.871. The van der Waals surface area contributed by atoms with Gasteiger partial charge < -0.3 is 15.8 Å². The third-order valence-corrected chi connectivity index (χ3v) is 2.84. The van der Waals surface area contributed by atoms with Crippen molar-refractivity contribution < 1.29 is 4.74 Å². The van der Waals surface area contributed by atoms with Crippen LogP contribution in [0.4, 0.5) is 11.5 Å². The van der Waals surface area contributed by atoms with Gasteiger partial charge in [0, 0.05) is 17.9 Å². The van der Waals surface area contributed by atoms with E-state index in [1.807, 2.05) is 57.2 Å². The van der Waals surface area contributed by atoms with E-state index in [-0.39, 0.29) is 12.1 Å². The van der Waals surface area contributed by atoms with E-state index in [4.69, 9.17) is 10.5 Å². The first-order valence-corrected chi connectivity index (χ1v) is 6.81. The molecule has 20 heavy (non-hydrogen) atoms. The van der Waals surface area contributed by atoms with E-state index in [2.05, 4.69) is 10.3 Å². The molecule has 106 valence electrons. The molecule has 4 nitrogen and oxygen atoms in total. The summed E-state index contributed by atoms with van der Waals surface area (Å²) in [5, 5.41) is 3.31. The van der Waals surface area contributed by atoms with E-state index >= 15 is 0 Å². The minimum Gasteiger partial charge on any atom is -0.487 e. The molecule has 0 radical (unpaired) electrons. The summed E-state index contributed by atoms with van der Waals surface area (Å²) in [6, 6.07) is 11.7. The van der Waals surface area contributed by atoms with Crippen LogP contribution in [-0.2, 0) is 0 Å². The number of anilines is 2. The number of nitrogens with zero attached hydrogens (tertiary/aromatic N) is 1. The molecule has 0 saturated heterocycles. The molecule has 1 aromatic heterocycles. The maximum absolute atomic E-state index is 6.00. The van der Waals surface area contributed by atoms with Crippen LogP contribution < -0.4 is 15.8 Å². The zero-order valence-corrected chi connectivity index (χ0v) is 12.1. The lowest BCUT2D eigenvalue weighted by molar-refractivity contribution is 0.243. The Balaban J connectivity index is 2.31. The van der Waals surface area contributed by atoms with Crippen molar-refractivity contribution in [2.24, 2.45) is 5.73 Å². The van der Waals surface area contributed by atoms with Crippen molar-refractivity contribution in [2.75, 3.05) is 5.32 Å². The van der Waals surface area contributed by atoms with Crippen LogP contribution >= 0.6 is 0 Å². The highest BCUT2D eigenvalue weighted by Gasteiger charge is 2.10. The maximum Gasteiger partial charge on any atom is 0.173 e. The highest BCUT2D eigenvalue weighted by atomic mass is 16.5. The van der Waals surface area contributed by atoms with Crippen molar-refractivity contribution in [1.82, 2.24) is 4.98 Å². The van der Waals surface area contributed by atoms with Gasteiger partial charge in [-0.1, -0.05) is 18.2 Å². The Labute approximate surface area is 120 Å². The number of aromatic nitrogens is 1. The van der Waals surface area contributed by atoms with Crippen molar-refractivity contribution >= 4 is 11.5 Å². The lowest BCUT2D eigenvalue weighted by Gasteiger charge is -2.17. The van der Waals surface area contributed by atoms with Crippen LogP contribution in [0.1, 0.15) is 32.4 Å². The number of nitrogens with two attached hydrogens (primary N) is 1. The predicted molar refractivity (Wildman–Crippen MR) is 82.3 cm³/mol. The molecule has 0 spiro atoms. The second-order valence-electron chi connectivity index (χ2n) is 5.02. The van der Waals surface area contributed by atoms with Gasteiger partial charge in [-0.2, -0.15) is 0 Å². The maximum atomic E-state index is 6.00. The molecule has 0 aliphatic rings. The molecule has 1 heterocycles. The lowest BCUT2D eigenvalue weighted by atomic mass is 10.1. The van der Waals surface area contributed by atoms with Crippen LogP contribution in [-0.4, -0.2) is 11.1 Å². The van der Waals surface area contributed by atoms with E-state index in [1.54, 1.807) is 6.20 Å². The zero-order chi connectivity index (χ0) is 14.5. The number of benzene rings is 1. The highest BCUT2D eigenvalue weighted by Crippen LogP contribution is 2.29. The second-order valence-corrected chi connectivity index (χ2v) is 5.02. The van der Waals surface area contributed by atoms with Crippen molar-refractivity contribution in [3.05, 3.63) is 48.2 Å². The third-order valence-electron chi connectivity index (χ3n) is 2.84. The van der Waals surface area contributed by atoms with Gasteiger partial charge in [-0.3, -0.25) is 0 Å². The Hall–Kier alpha value is -2.07. The van der Waals surface area contributed by atoms with E-state index in [0.717, 1.165) is 17.0 Å². The summed E-state index contributed by atoms with van der Waals surface area (Å²) in [7, 11) is 0. The highest BCUT2D eigenvalue weighted by molar-refractivity contribution is 5.65. The number of para-hydroxylation sites is 1. The van der Waals surface area contributed by atoms with Gasteiger partial charge in [-0.15, -0.1) is 0 Å². The molecule has 0 aliphatic heterocycles. The van der Waals surface area contributed by atoms with Crippen LogP contribution in [0.15, 0.2) is 42.6 Å². The van der Waals surface area contributed by atoms with Crippen LogP contribution in [0, 0.1) is 0 Å². The van der Waals surface area contributed by atoms with Crippen LogP contribution in [0.2, 0.25) is 0 Å². The summed E-state index contributed by atoms with van der Waals surface area (Å²) in [6.45, 7) is 5.95. The van der Waals surface area contributed by atoms with Gasteiger partial charge in [0.1, 0.15) is 0 Å². The fourth-order valence-corrected chi connectivity index (χ4v) is 1.97. The monoisotopic (exact) mass is 271 g/mol. The molecule has 0 aliphatic carbocycles. The summed E-state index contributed by atoms with van der Waals surface area (Å²) in [5.74, 6) is 1.44. The SMILES string of the molecule is CC(C)Oc1cccnc1Nc1ccccc1C(C)N. The van der Waals surface area contributed by atoms with Gasteiger partial charge in [0.05, 0.1) is 6.10 Å². The predicted octanol–water partition coefficient (Wildman–Crippen LogP) is 3.63. The average molecular weight is 271 g/mol. The van der Waals surface area contributed by atoms with E-state index in [0.29, 0.717) is 5.82 Å². The van der Waals surface area contributed by atoms with E-state index in [1.165, 1.54) is 0 Å². The van der Waals surface area contributed by atoms with Crippen LogP contribution in [0.5, 0.6) is 5.75 Å². The van der Waals surface area contributed by atoms with Crippen LogP contribution in [0.3, 0.4) is 0 Å². The normalized spacial score (nSPS) is 12.2. The smallest absolute Gasteiger partial charge is 0.173 e. The molecule has 1 atom stereocenters. The summed E-state index contributed by atoms with van der Waals surface area (Å²) in [6.07, 6.45) is 1.84. The molecular weight excluding hydrogens is 250 g/mol. The Morgan fingerprint density at radius 2 is 1.85 bits per heavy atom. The minimum absolute atomic E-state index is 0.0446. The average Bonchev–Trinajstić information content (AvgIpc) is 2.41. The molecule has 0 bridgehead atoms. The van der Waals surface area contributed by atoms with Crippen LogP contribution in [0.25, 0.3) is 0 Å². The Bertz CT molecular complexity index is 567. The summed E-state index contributed by atoms with van der Waals surface area (Å²) < 4.78 is 5.76. The number of nitrogens with one attached hydrogen (secondary N) is 1. The Morgan fingerprint density at radius 3 is 2.55 bits per heavy atom. The number of ether oxygens (including phenoxy) is 1. The molecule has 4 heteroatoms. The fourth-order valence-electron chi connectivity index (χ4n) is 1.97. The molecule has 1 aromatic carbocycles. The van der Waals surface area contributed by atoms with Gasteiger partial charge in [-0.25, -0.2) is 4.98 Å². The Morgan fingerprint density at radius 1 is 1.10 bits per heavy atom. The number of hydrogen-bond acceptors (Lipinski definition) is 4. The summed E-state index contributed by atoms with van der Waals surface area (Å²) in [5.41, 5.74) is 8.00. The number of rotatable bonds is 5. The molecule has 0 fully saturated rings. The number of hydrogen-bond donors (Lipinski definition) is 2. The lowest BCUT2D eigenvalue weighted by Crippen LogP contribution is -2.10. The second kappa shape index (κ2) is 6.39. The zero-order valence-electron chi connectivity index (χ0n) is 12.1. The topological polar surface area (TPSA) is 60.2 Å². The molecular formula is C16H21N3O. The summed E-state index contributed by atoms with van der Waals surface area (Å²) >= 11 is 0. The Kier molecular flexibility index (Phi) is 4.58. The number of pyridine rings is 1. The molecule has 0 amide bonds. The van der Waals surface area contributed by atoms with Gasteiger partial charge >= 0.3 is 0 Å². The molecule has 2 aromatic rings. The van der Waals surface area contributed by atoms with Gasteiger partial charge in [0.15, 0.2) is 11.6 Å². The van der Waals surface area contributed by atoms with Crippen molar-refractivity contribution in [3.63, 3.8) is 0 Å². The molecule has 1 unspecified atom stereocenters. The minimum atomic E-state index is -0.0446. The fraction of sp³-hybridized carbons (Fsp3) is 0.312. The first kappa shape index (κ1) is 14.3. The first-order chi connectivity index (χ1) is 9.58. The first-order valence-electron chi connectivity index (χ1n) is 6.81. The van der Waals surface area contributed by atoms with Gasteiger partial charge in [0.2, 0.25) is 0 Å². The van der Waals surface area contributed by atoms with E-state index in [9.17, 15) is 0 Å². The van der Waals surface area contributed by atoms with Crippen molar-refractivity contribution in [2.45, 2.75) is 32.9 Å². The molecule has 0 saturated carbocycles. The standard InChI is InChI=1S/C16H21N3O/c1-11(2)20-15-9-6-10-18-16(15)19-14-8-5-4-7-13(14)12(3)17/h4-12H,17H2,1-3H3,(H,18,19). The van der Waals surface area contributed by atoms with Crippen molar-refractivity contribution in [1.29, 1.82) is 0 Å². The van der Waals surface area contributed by atoms with Gasteiger partial charge in [0.25, 0.3) is 0 Å². The summed E-state index contributed by atoms with van der Waals surface area (Å²) in [4.78, 5) is 4.35. The van der Waals surface area contributed by atoms with Gasteiger partial charge in [-0.05, 0) is 44.5 Å². The molecule has 2 rings (SSSR count). The largest absolute Gasteiger partial charge is 0.487 e. The van der Waals surface area contributed by atoms with E-state index < -0.39 is 0 Å². The third kappa shape index (κ3) is 3.48.